The van der Waals surface area contributed by atoms with Gasteiger partial charge in [0.1, 0.15) is 0 Å². The molecule has 0 atom stereocenters. The normalized spacial score (nSPS) is 11.0. The molecule has 154 valence electrons. The van der Waals surface area contributed by atoms with E-state index in [1.165, 1.54) is 16.4 Å². The van der Waals surface area contributed by atoms with Crippen molar-refractivity contribution >= 4 is 17.7 Å². The molecular weight excluding hydrogens is 390 g/mol. The molecule has 1 amide bonds. The maximum absolute atomic E-state index is 12.8. The third-order valence-corrected chi connectivity index (χ3v) is 5.23. The molecule has 2 N–H and O–H groups in total. The first-order valence-corrected chi connectivity index (χ1v) is 10.2. The Morgan fingerprint density at radius 1 is 1.24 bits per heavy atom. The summed E-state index contributed by atoms with van der Waals surface area (Å²) >= 11 is 1.25. The largest absolute Gasteiger partial charge is 0.383 e. The van der Waals surface area contributed by atoms with Crippen LogP contribution in [0, 0.1) is 13.8 Å². The Hall–Kier alpha value is -2.85. The van der Waals surface area contributed by atoms with E-state index >= 15 is 0 Å². The average Bonchev–Trinajstić information content (AvgIpc) is 3.24. The molecule has 0 saturated carbocycles. The summed E-state index contributed by atoms with van der Waals surface area (Å²) in [5.74, 6) is 6.73. The van der Waals surface area contributed by atoms with Crippen LogP contribution in [0.4, 0.5) is 0 Å². The van der Waals surface area contributed by atoms with E-state index in [0.717, 1.165) is 17.0 Å². The number of nitrogens with two attached hydrogens (primary N) is 1. The van der Waals surface area contributed by atoms with E-state index in [-0.39, 0.29) is 11.7 Å². The molecule has 0 radical (unpaired) electrons. The fourth-order valence-corrected chi connectivity index (χ4v) is 3.61. The molecule has 10 heteroatoms. The number of carbonyl (C=O) groups excluding carboxylic acids is 1. The van der Waals surface area contributed by atoms with Crippen LogP contribution in [0.5, 0.6) is 0 Å². The summed E-state index contributed by atoms with van der Waals surface area (Å²) in [6, 6.07) is 11.8. The Morgan fingerprint density at radius 3 is 2.66 bits per heavy atom. The van der Waals surface area contributed by atoms with Crippen LogP contribution in [-0.2, 0) is 16.1 Å². The van der Waals surface area contributed by atoms with Crippen molar-refractivity contribution in [2.24, 2.45) is 0 Å². The number of ether oxygens (including phenoxy) is 1. The van der Waals surface area contributed by atoms with Gasteiger partial charge in [-0.15, -0.1) is 10.2 Å². The molecule has 3 aromatic rings. The van der Waals surface area contributed by atoms with Crippen molar-refractivity contribution < 1.29 is 9.53 Å². The second-order valence-electron chi connectivity index (χ2n) is 6.57. The lowest BCUT2D eigenvalue weighted by Gasteiger charge is -2.22. The molecule has 0 aliphatic carbocycles. The summed E-state index contributed by atoms with van der Waals surface area (Å²) < 4.78 is 8.14. The Bertz CT molecular complexity index is 955. The molecule has 2 heterocycles. The molecule has 1 aromatic carbocycles. The quantitative estimate of drug-likeness (QED) is 0.418. The number of thioether (sulfide) groups is 1. The van der Waals surface area contributed by atoms with Crippen molar-refractivity contribution in [2.75, 3.05) is 31.9 Å². The van der Waals surface area contributed by atoms with E-state index in [9.17, 15) is 4.79 Å². The molecule has 0 aliphatic rings. The Labute approximate surface area is 173 Å². The van der Waals surface area contributed by atoms with Crippen LogP contribution in [0.15, 0.2) is 41.6 Å². The van der Waals surface area contributed by atoms with Gasteiger partial charge in [0.15, 0.2) is 0 Å². The lowest BCUT2D eigenvalue weighted by Crippen LogP contribution is -2.34. The van der Waals surface area contributed by atoms with Crippen LogP contribution in [0.2, 0.25) is 0 Å². The smallest absolute Gasteiger partial charge is 0.271 e. The summed E-state index contributed by atoms with van der Waals surface area (Å²) in [5, 5.41) is 13.1. The first kappa shape index (κ1) is 20.9. The third-order valence-electron chi connectivity index (χ3n) is 4.30. The lowest BCUT2D eigenvalue weighted by atomic mass is 10.2. The summed E-state index contributed by atoms with van der Waals surface area (Å²) in [5.41, 5.74) is 2.84. The number of nitrogen functional groups attached to an aromatic ring is 1. The number of rotatable bonds is 9. The minimum absolute atomic E-state index is 0.0217. The van der Waals surface area contributed by atoms with Gasteiger partial charge < -0.3 is 15.5 Å². The number of nitrogens with zero attached hydrogens (tertiary/aromatic N) is 6. The summed E-state index contributed by atoms with van der Waals surface area (Å²) in [7, 11) is 1.62. The lowest BCUT2D eigenvalue weighted by molar-refractivity contribution is -0.129. The van der Waals surface area contributed by atoms with Crippen molar-refractivity contribution in [3.8, 4) is 5.95 Å². The van der Waals surface area contributed by atoms with Crippen LogP contribution in [0.25, 0.3) is 5.95 Å². The van der Waals surface area contributed by atoms with Gasteiger partial charge in [-0.05, 0) is 25.5 Å². The maximum atomic E-state index is 12.8. The van der Waals surface area contributed by atoms with E-state index in [4.69, 9.17) is 10.6 Å². The zero-order chi connectivity index (χ0) is 20.8. The van der Waals surface area contributed by atoms with Gasteiger partial charge in [0, 0.05) is 25.9 Å². The van der Waals surface area contributed by atoms with Crippen LogP contribution >= 0.6 is 11.8 Å². The van der Waals surface area contributed by atoms with E-state index in [1.54, 1.807) is 16.7 Å². The van der Waals surface area contributed by atoms with Gasteiger partial charge in [-0.25, -0.2) is 9.36 Å². The fourth-order valence-electron chi connectivity index (χ4n) is 2.86. The van der Waals surface area contributed by atoms with Crippen LogP contribution in [0.3, 0.4) is 0 Å². The zero-order valence-corrected chi connectivity index (χ0v) is 17.6. The topological polar surface area (TPSA) is 104 Å². The van der Waals surface area contributed by atoms with Gasteiger partial charge in [-0.2, -0.15) is 5.10 Å². The highest BCUT2D eigenvalue weighted by atomic mass is 32.2. The molecule has 2 aromatic heterocycles. The second kappa shape index (κ2) is 9.57. The molecule has 0 bridgehead atoms. The van der Waals surface area contributed by atoms with Crippen LogP contribution in [0.1, 0.15) is 17.0 Å². The first-order chi connectivity index (χ1) is 14.0. The first-order valence-electron chi connectivity index (χ1n) is 9.17. The van der Waals surface area contributed by atoms with Gasteiger partial charge in [-0.3, -0.25) is 4.79 Å². The molecule has 0 unspecified atom stereocenters. The SMILES string of the molecule is COCCN(Cc1ccccc1)C(=O)CSc1nnc(-n2nc(C)cc2C)n1N. The van der Waals surface area contributed by atoms with E-state index in [1.807, 2.05) is 50.2 Å². The summed E-state index contributed by atoms with van der Waals surface area (Å²) in [4.78, 5) is 14.6. The van der Waals surface area contributed by atoms with E-state index in [2.05, 4.69) is 15.3 Å². The molecular formula is C19H25N7O2S. The highest BCUT2D eigenvalue weighted by Crippen LogP contribution is 2.18. The maximum Gasteiger partial charge on any atom is 0.271 e. The molecule has 0 aliphatic heterocycles. The molecule has 0 spiro atoms. The number of amides is 1. The van der Waals surface area contributed by atoms with Crippen molar-refractivity contribution in [1.29, 1.82) is 0 Å². The van der Waals surface area contributed by atoms with Gasteiger partial charge in [-0.1, -0.05) is 42.1 Å². The second-order valence-corrected chi connectivity index (χ2v) is 7.52. The number of benzene rings is 1. The van der Waals surface area contributed by atoms with Crippen molar-refractivity contribution in [3.05, 3.63) is 53.3 Å². The standard InChI is InChI=1S/C19H25N7O2S/c1-14-11-15(2)26(23-14)18-21-22-19(25(18)20)29-13-17(27)24(9-10-28-3)12-16-7-5-4-6-8-16/h4-8,11H,9-10,12-13,20H2,1-3H3. The summed E-state index contributed by atoms with van der Waals surface area (Å²) in [6.07, 6.45) is 0. The average molecular weight is 416 g/mol. The van der Waals surface area contributed by atoms with Gasteiger partial charge >= 0.3 is 0 Å². The number of hydrogen-bond acceptors (Lipinski definition) is 7. The third kappa shape index (κ3) is 5.15. The van der Waals surface area contributed by atoms with Gasteiger partial charge in [0.2, 0.25) is 11.1 Å². The monoisotopic (exact) mass is 415 g/mol. The minimum Gasteiger partial charge on any atom is -0.383 e. The predicted molar refractivity (Wildman–Crippen MR) is 111 cm³/mol. The predicted octanol–water partition coefficient (Wildman–Crippen LogP) is 1.56. The van der Waals surface area contributed by atoms with Crippen molar-refractivity contribution in [3.63, 3.8) is 0 Å². The summed E-state index contributed by atoms with van der Waals surface area (Å²) in [6.45, 7) is 5.32. The molecule has 0 fully saturated rings. The highest BCUT2D eigenvalue weighted by Gasteiger charge is 2.19. The van der Waals surface area contributed by atoms with Crippen LogP contribution < -0.4 is 5.84 Å². The van der Waals surface area contributed by atoms with E-state index < -0.39 is 0 Å². The molecule has 3 rings (SSSR count). The molecule has 9 nitrogen and oxygen atoms in total. The molecule has 29 heavy (non-hydrogen) atoms. The van der Waals surface area contributed by atoms with Gasteiger partial charge in [0.05, 0.1) is 18.1 Å². The van der Waals surface area contributed by atoms with E-state index in [0.29, 0.717) is 30.8 Å². The van der Waals surface area contributed by atoms with Crippen molar-refractivity contribution in [2.45, 2.75) is 25.5 Å². The number of aryl methyl sites for hydroxylation is 2. The molecule has 0 saturated heterocycles. The fraction of sp³-hybridized carbons (Fsp3) is 0.368. The highest BCUT2D eigenvalue weighted by molar-refractivity contribution is 7.99. The van der Waals surface area contributed by atoms with Gasteiger partial charge in [0.25, 0.3) is 5.95 Å². The Balaban J connectivity index is 1.67. The Morgan fingerprint density at radius 2 is 2.00 bits per heavy atom. The number of carbonyl (C=O) groups is 1. The number of aromatic nitrogens is 5. The van der Waals surface area contributed by atoms with Crippen LogP contribution in [-0.4, -0.2) is 61.5 Å². The zero-order valence-electron chi connectivity index (χ0n) is 16.8. The number of hydrogen-bond donors (Lipinski definition) is 1. The number of methoxy groups -OCH3 is 1. The van der Waals surface area contributed by atoms with Crippen molar-refractivity contribution in [1.82, 2.24) is 29.6 Å². The minimum atomic E-state index is -0.0217. The Kier molecular flexibility index (Phi) is 6.89.